The van der Waals surface area contributed by atoms with E-state index in [1.807, 2.05) is 13.8 Å². The molecule has 1 fully saturated rings. The topological polar surface area (TPSA) is 80.9 Å². The van der Waals surface area contributed by atoms with Crippen LogP contribution in [0.5, 0.6) is 0 Å². The van der Waals surface area contributed by atoms with Crippen molar-refractivity contribution in [3.63, 3.8) is 0 Å². The van der Waals surface area contributed by atoms with Gasteiger partial charge in [-0.3, -0.25) is 0 Å². The van der Waals surface area contributed by atoms with Crippen LogP contribution in [-0.2, 0) is 0 Å². The van der Waals surface area contributed by atoms with Crippen molar-refractivity contribution >= 4 is 0 Å². The van der Waals surface area contributed by atoms with Crippen molar-refractivity contribution in [3.8, 4) is 0 Å². The lowest BCUT2D eigenvalue weighted by molar-refractivity contribution is -0.182. The fourth-order valence-electron chi connectivity index (χ4n) is 2.68. The average molecular weight is 244 g/mol. The Balaban J connectivity index is 3.08. The minimum atomic E-state index is -1.23. The molecule has 0 amide bonds. The molecule has 0 spiro atoms. The van der Waals surface area contributed by atoms with E-state index >= 15 is 0 Å². The van der Waals surface area contributed by atoms with Crippen molar-refractivity contribution in [3.05, 3.63) is 12.2 Å². The van der Waals surface area contributed by atoms with E-state index in [0.29, 0.717) is 6.42 Å². The number of aliphatic hydroxyl groups is 4. The first-order valence-electron chi connectivity index (χ1n) is 6.08. The second-order valence-electron chi connectivity index (χ2n) is 5.86. The third-order valence-corrected chi connectivity index (χ3v) is 4.03. The van der Waals surface area contributed by atoms with E-state index < -0.39 is 35.2 Å². The highest BCUT2D eigenvalue weighted by Crippen LogP contribution is 2.48. The Hall–Kier alpha value is -0.420. The highest BCUT2D eigenvalue weighted by atomic mass is 16.3. The molecule has 1 aliphatic rings. The van der Waals surface area contributed by atoms with Gasteiger partial charge < -0.3 is 20.4 Å². The summed E-state index contributed by atoms with van der Waals surface area (Å²) < 4.78 is 0. The van der Waals surface area contributed by atoms with E-state index in [9.17, 15) is 20.4 Å². The summed E-state index contributed by atoms with van der Waals surface area (Å²) in [6.07, 6.45) is 0.970. The van der Waals surface area contributed by atoms with Gasteiger partial charge in [-0.1, -0.05) is 32.9 Å². The molecule has 4 heteroatoms. The molecule has 0 saturated heterocycles. The molecule has 0 aromatic heterocycles. The van der Waals surface area contributed by atoms with Crippen molar-refractivity contribution in [2.45, 2.75) is 58.0 Å². The molecule has 0 heterocycles. The third-order valence-electron chi connectivity index (χ3n) is 4.03. The molecule has 0 aliphatic heterocycles. The standard InChI is InChI=1S/C13H24O4/c1-8(14)5-6-13(17)9(2)11(16)10(15)7-12(13,3)4/h5-6,8-11,14-17H,7H2,1-4H3/b6-5+/t8?,9-,10+,11+,13-/m0/s1. The lowest BCUT2D eigenvalue weighted by Gasteiger charge is -2.52. The van der Waals surface area contributed by atoms with Crippen LogP contribution in [0.4, 0.5) is 0 Å². The summed E-state index contributed by atoms with van der Waals surface area (Å²) in [6.45, 7) is 7.02. The SMILES string of the molecule is CC(O)/C=C/[C@]1(O)[C@@H](C)[C@@H](O)[C@H](O)CC1(C)C. The zero-order valence-corrected chi connectivity index (χ0v) is 11.0. The van der Waals surface area contributed by atoms with Crippen LogP contribution in [0.25, 0.3) is 0 Å². The average Bonchev–Trinajstić information content (AvgIpc) is 2.21. The molecule has 5 atom stereocenters. The molecule has 0 aromatic carbocycles. The summed E-state index contributed by atoms with van der Waals surface area (Å²) in [5, 5.41) is 39.6. The molecule has 4 nitrogen and oxygen atoms in total. The second kappa shape index (κ2) is 4.69. The van der Waals surface area contributed by atoms with Crippen LogP contribution in [0.2, 0.25) is 0 Å². The lowest BCUT2D eigenvalue weighted by atomic mass is 9.58. The number of hydrogen-bond donors (Lipinski definition) is 4. The molecular weight excluding hydrogens is 220 g/mol. The van der Waals surface area contributed by atoms with E-state index in [1.165, 1.54) is 6.08 Å². The van der Waals surface area contributed by atoms with Crippen LogP contribution in [-0.4, -0.2) is 44.3 Å². The van der Waals surface area contributed by atoms with Gasteiger partial charge in [-0.2, -0.15) is 0 Å². The van der Waals surface area contributed by atoms with E-state index in [2.05, 4.69) is 0 Å². The molecule has 1 saturated carbocycles. The lowest BCUT2D eigenvalue weighted by Crippen LogP contribution is -2.60. The van der Waals surface area contributed by atoms with Crippen molar-refractivity contribution in [1.82, 2.24) is 0 Å². The predicted molar refractivity (Wildman–Crippen MR) is 65.3 cm³/mol. The van der Waals surface area contributed by atoms with Crippen LogP contribution in [0, 0.1) is 11.3 Å². The molecule has 100 valence electrons. The first kappa shape index (κ1) is 14.6. The van der Waals surface area contributed by atoms with Gasteiger partial charge in [-0.25, -0.2) is 0 Å². The van der Waals surface area contributed by atoms with Gasteiger partial charge in [0.15, 0.2) is 0 Å². The van der Waals surface area contributed by atoms with Crippen molar-refractivity contribution in [2.75, 3.05) is 0 Å². The minimum absolute atomic E-state index is 0.319. The zero-order chi connectivity index (χ0) is 13.4. The Labute approximate surface area is 103 Å². The maximum atomic E-state index is 10.7. The molecule has 0 bridgehead atoms. The molecule has 1 aliphatic carbocycles. The van der Waals surface area contributed by atoms with Gasteiger partial charge in [-0.05, 0) is 13.3 Å². The van der Waals surface area contributed by atoms with Crippen molar-refractivity contribution in [2.24, 2.45) is 11.3 Å². The van der Waals surface area contributed by atoms with E-state index in [1.54, 1.807) is 19.9 Å². The van der Waals surface area contributed by atoms with Gasteiger partial charge in [0, 0.05) is 11.3 Å². The Morgan fingerprint density at radius 1 is 1.29 bits per heavy atom. The van der Waals surface area contributed by atoms with Gasteiger partial charge in [-0.15, -0.1) is 0 Å². The maximum Gasteiger partial charge on any atom is 0.0931 e. The smallest absolute Gasteiger partial charge is 0.0931 e. The first-order valence-corrected chi connectivity index (χ1v) is 6.08. The molecule has 4 N–H and O–H groups in total. The second-order valence-corrected chi connectivity index (χ2v) is 5.86. The zero-order valence-electron chi connectivity index (χ0n) is 11.0. The van der Waals surface area contributed by atoms with Crippen LogP contribution < -0.4 is 0 Å². The van der Waals surface area contributed by atoms with Crippen LogP contribution in [0.3, 0.4) is 0 Å². The first-order chi connectivity index (χ1) is 7.62. The Morgan fingerprint density at radius 2 is 1.82 bits per heavy atom. The van der Waals surface area contributed by atoms with Gasteiger partial charge in [0.05, 0.1) is 23.9 Å². The van der Waals surface area contributed by atoms with Gasteiger partial charge in [0.25, 0.3) is 0 Å². The third kappa shape index (κ3) is 2.55. The Bertz CT molecular complexity index is 298. The van der Waals surface area contributed by atoms with Gasteiger partial charge in [0.2, 0.25) is 0 Å². The number of aliphatic hydroxyl groups excluding tert-OH is 3. The fraction of sp³-hybridized carbons (Fsp3) is 0.846. The number of hydrogen-bond acceptors (Lipinski definition) is 4. The van der Waals surface area contributed by atoms with Crippen LogP contribution in [0.15, 0.2) is 12.2 Å². The quantitative estimate of drug-likeness (QED) is 0.531. The van der Waals surface area contributed by atoms with Crippen molar-refractivity contribution in [1.29, 1.82) is 0 Å². The summed E-state index contributed by atoms with van der Waals surface area (Å²) in [5.74, 6) is -0.490. The summed E-state index contributed by atoms with van der Waals surface area (Å²) >= 11 is 0. The maximum absolute atomic E-state index is 10.7. The van der Waals surface area contributed by atoms with Crippen molar-refractivity contribution < 1.29 is 20.4 Å². The number of rotatable bonds is 2. The van der Waals surface area contributed by atoms with Crippen LogP contribution in [0.1, 0.15) is 34.1 Å². The largest absolute Gasteiger partial charge is 0.390 e. The van der Waals surface area contributed by atoms with E-state index in [-0.39, 0.29) is 0 Å². The van der Waals surface area contributed by atoms with E-state index in [4.69, 9.17) is 0 Å². The summed E-state index contributed by atoms with van der Waals surface area (Å²) in [6, 6.07) is 0. The Kier molecular flexibility index (Phi) is 4.04. The van der Waals surface area contributed by atoms with Crippen LogP contribution >= 0.6 is 0 Å². The molecule has 1 rings (SSSR count). The summed E-state index contributed by atoms with van der Waals surface area (Å²) in [5.41, 5.74) is -1.79. The summed E-state index contributed by atoms with van der Waals surface area (Å²) in [7, 11) is 0. The molecule has 0 radical (unpaired) electrons. The van der Waals surface area contributed by atoms with Gasteiger partial charge >= 0.3 is 0 Å². The molecule has 0 aromatic rings. The van der Waals surface area contributed by atoms with E-state index in [0.717, 1.165) is 0 Å². The Morgan fingerprint density at radius 3 is 2.29 bits per heavy atom. The fourth-order valence-corrected chi connectivity index (χ4v) is 2.68. The molecule has 17 heavy (non-hydrogen) atoms. The molecule has 1 unspecified atom stereocenters. The molecular formula is C13H24O4. The normalized spacial score (nSPS) is 43.9. The predicted octanol–water partition coefficient (Wildman–Crippen LogP) is 0.442. The van der Waals surface area contributed by atoms with Gasteiger partial charge in [0.1, 0.15) is 0 Å². The monoisotopic (exact) mass is 244 g/mol. The summed E-state index contributed by atoms with van der Waals surface area (Å²) in [4.78, 5) is 0. The highest BCUT2D eigenvalue weighted by molar-refractivity contribution is 5.17. The minimum Gasteiger partial charge on any atom is -0.390 e. The highest BCUT2D eigenvalue weighted by Gasteiger charge is 2.54.